The number of carbonyl (C=O) groups excluding carboxylic acids is 2. The van der Waals surface area contributed by atoms with Gasteiger partial charge in [0.1, 0.15) is 5.75 Å². The molecule has 28 heavy (non-hydrogen) atoms. The summed E-state index contributed by atoms with van der Waals surface area (Å²) in [6.07, 6.45) is 0.135. The van der Waals surface area contributed by atoms with Crippen molar-refractivity contribution in [3.63, 3.8) is 0 Å². The number of nitro groups is 1. The number of rotatable bonds is 6. The monoisotopic (exact) mass is 383 g/mol. The molecule has 2 aromatic carbocycles. The predicted octanol–water partition coefficient (Wildman–Crippen LogP) is 2.93. The van der Waals surface area contributed by atoms with E-state index in [0.717, 1.165) is 0 Å². The zero-order chi connectivity index (χ0) is 20.3. The van der Waals surface area contributed by atoms with Gasteiger partial charge in [-0.05, 0) is 24.6 Å². The summed E-state index contributed by atoms with van der Waals surface area (Å²) in [5.74, 6) is 0.268. The van der Waals surface area contributed by atoms with Crippen LogP contribution in [0, 0.1) is 10.1 Å². The van der Waals surface area contributed by atoms with Gasteiger partial charge in [0.15, 0.2) is 6.61 Å². The fraction of sp³-hybridized carbons (Fsp3) is 0.300. The van der Waals surface area contributed by atoms with E-state index >= 15 is 0 Å². The number of fused-ring (bicyclic) bond motifs is 1. The van der Waals surface area contributed by atoms with Crippen molar-refractivity contribution in [3.8, 4) is 5.75 Å². The van der Waals surface area contributed by atoms with Gasteiger partial charge in [0.05, 0.1) is 16.7 Å². The van der Waals surface area contributed by atoms with Gasteiger partial charge in [-0.3, -0.25) is 19.7 Å². The predicted molar refractivity (Wildman–Crippen MR) is 103 cm³/mol. The molecule has 0 aromatic heterocycles. The molecule has 1 aliphatic rings. The summed E-state index contributed by atoms with van der Waals surface area (Å²) in [6, 6.07) is 13.1. The minimum atomic E-state index is -0.459. The van der Waals surface area contributed by atoms with Gasteiger partial charge in [0.2, 0.25) is 5.91 Å². The van der Waals surface area contributed by atoms with Crippen molar-refractivity contribution in [2.24, 2.45) is 0 Å². The van der Waals surface area contributed by atoms with Gasteiger partial charge in [-0.1, -0.05) is 24.3 Å². The van der Waals surface area contributed by atoms with Crippen molar-refractivity contribution in [2.45, 2.75) is 19.4 Å². The van der Waals surface area contributed by atoms with Crippen molar-refractivity contribution >= 4 is 23.2 Å². The van der Waals surface area contributed by atoms with Crippen molar-refractivity contribution in [1.29, 1.82) is 0 Å². The third kappa shape index (κ3) is 3.95. The first-order valence-corrected chi connectivity index (χ1v) is 8.90. The SMILES string of the molecule is C[C@@H](c1cccc([N+](=O)[O-])c1)N(C)C(=O)CCN1C(=O)COc2ccccc21. The number of carbonyl (C=O) groups is 2. The third-order valence-corrected chi connectivity index (χ3v) is 4.90. The number of hydrogen-bond donors (Lipinski definition) is 0. The second-order valence-corrected chi connectivity index (χ2v) is 6.58. The number of non-ortho nitro benzene ring substituents is 1. The number of hydrogen-bond acceptors (Lipinski definition) is 5. The molecule has 1 aliphatic heterocycles. The van der Waals surface area contributed by atoms with Gasteiger partial charge in [-0.25, -0.2) is 0 Å². The van der Waals surface area contributed by atoms with Crippen molar-refractivity contribution in [3.05, 3.63) is 64.2 Å². The van der Waals surface area contributed by atoms with Crippen molar-refractivity contribution in [1.82, 2.24) is 4.90 Å². The van der Waals surface area contributed by atoms with E-state index in [0.29, 0.717) is 17.0 Å². The molecule has 0 aliphatic carbocycles. The topological polar surface area (TPSA) is 93.0 Å². The van der Waals surface area contributed by atoms with Crippen LogP contribution in [0.25, 0.3) is 0 Å². The summed E-state index contributed by atoms with van der Waals surface area (Å²) in [5, 5.41) is 11.0. The average Bonchev–Trinajstić information content (AvgIpc) is 2.71. The minimum Gasteiger partial charge on any atom is -0.482 e. The summed E-state index contributed by atoms with van der Waals surface area (Å²) < 4.78 is 5.41. The molecule has 0 fully saturated rings. The van der Waals surface area contributed by atoms with E-state index in [1.54, 1.807) is 36.2 Å². The fourth-order valence-electron chi connectivity index (χ4n) is 3.12. The molecule has 3 rings (SSSR count). The number of benzene rings is 2. The number of anilines is 1. The molecule has 1 atom stereocenters. The van der Waals surface area contributed by atoms with Crippen LogP contribution in [0.4, 0.5) is 11.4 Å². The van der Waals surface area contributed by atoms with Gasteiger partial charge in [0.25, 0.3) is 11.6 Å². The van der Waals surface area contributed by atoms with Gasteiger partial charge in [-0.2, -0.15) is 0 Å². The van der Waals surface area contributed by atoms with E-state index in [4.69, 9.17) is 4.74 Å². The highest BCUT2D eigenvalue weighted by molar-refractivity contribution is 5.98. The lowest BCUT2D eigenvalue weighted by Gasteiger charge is -2.30. The highest BCUT2D eigenvalue weighted by atomic mass is 16.6. The summed E-state index contributed by atoms with van der Waals surface area (Å²) in [4.78, 5) is 38.5. The molecule has 0 saturated heterocycles. The highest BCUT2D eigenvalue weighted by Crippen LogP contribution is 2.31. The summed E-state index contributed by atoms with van der Waals surface area (Å²) >= 11 is 0. The smallest absolute Gasteiger partial charge is 0.269 e. The van der Waals surface area contributed by atoms with Gasteiger partial charge < -0.3 is 14.5 Å². The second kappa shape index (κ2) is 8.08. The maximum absolute atomic E-state index is 12.7. The second-order valence-electron chi connectivity index (χ2n) is 6.58. The molecule has 0 bridgehead atoms. The normalized spacial score (nSPS) is 14.1. The van der Waals surface area contributed by atoms with Crippen LogP contribution >= 0.6 is 0 Å². The first-order chi connectivity index (χ1) is 13.4. The quantitative estimate of drug-likeness (QED) is 0.565. The molecule has 146 valence electrons. The van der Waals surface area contributed by atoms with Crippen molar-refractivity contribution < 1.29 is 19.2 Å². The van der Waals surface area contributed by atoms with Crippen molar-refractivity contribution in [2.75, 3.05) is 25.1 Å². The maximum atomic E-state index is 12.7. The molecule has 0 N–H and O–H groups in total. The summed E-state index contributed by atoms with van der Waals surface area (Å²) in [6.45, 7) is 2.00. The highest BCUT2D eigenvalue weighted by Gasteiger charge is 2.26. The van der Waals surface area contributed by atoms with Crippen LogP contribution in [-0.4, -0.2) is 41.8 Å². The zero-order valence-electron chi connectivity index (χ0n) is 15.7. The number of para-hydroxylation sites is 2. The van der Waals surface area contributed by atoms with E-state index in [2.05, 4.69) is 0 Å². The first-order valence-electron chi connectivity index (χ1n) is 8.90. The van der Waals surface area contributed by atoms with Gasteiger partial charge >= 0.3 is 0 Å². The molecule has 2 amide bonds. The Balaban J connectivity index is 1.67. The van der Waals surface area contributed by atoms with E-state index < -0.39 is 4.92 Å². The molecule has 8 nitrogen and oxygen atoms in total. The largest absolute Gasteiger partial charge is 0.482 e. The Labute approximate surface area is 162 Å². The summed E-state index contributed by atoms with van der Waals surface area (Å²) in [5.41, 5.74) is 1.32. The molecule has 0 saturated carbocycles. The Morgan fingerprint density at radius 1 is 1.29 bits per heavy atom. The Morgan fingerprint density at radius 2 is 2.04 bits per heavy atom. The van der Waals surface area contributed by atoms with Crippen LogP contribution in [0.3, 0.4) is 0 Å². The lowest BCUT2D eigenvalue weighted by atomic mass is 10.1. The molecular weight excluding hydrogens is 362 g/mol. The van der Waals surface area contributed by atoms with E-state index in [1.807, 2.05) is 19.1 Å². The van der Waals surface area contributed by atoms with Crippen LogP contribution in [-0.2, 0) is 9.59 Å². The minimum absolute atomic E-state index is 0.0132. The Bertz CT molecular complexity index is 914. The van der Waals surface area contributed by atoms with E-state index in [1.165, 1.54) is 17.0 Å². The number of ether oxygens (including phenoxy) is 1. The van der Waals surface area contributed by atoms with Crippen LogP contribution in [0.5, 0.6) is 5.75 Å². The molecule has 8 heteroatoms. The number of amides is 2. The number of nitrogens with zero attached hydrogens (tertiary/aromatic N) is 3. The van der Waals surface area contributed by atoms with Crippen LogP contribution in [0.1, 0.15) is 24.9 Å². The Hall–Kier alpha value is -3.42. The summed E-state index contributed by atoms with van der Waals surface area (Å²) in [7, 11) is 1.65. The molecule has 0 spiro atoms. The number of nitro benzene ring substituents is 1. The Morgan fingerprint density at radius 3 is 2.79 bits per heavy atom. The molecule has 2 aromatic rings. The van der Waals surface area contributed by atoms with Crippen LogP contribution in [0.2, 0.25) is 0 Å². The lowest BCUT2D eigenvalue weighted by Crippen LogP contribution is -2.41. The Kier molecular flexibility index (Phi) is 5.58. The average molecular weight is 383 g/mol. The van der Waals surface area contributed by atoms with Gasteiger partial charge in [-0.15, -0.1) is 0 Å². The molecular formula is C20H21N3O5. The standard InChI is InChI=1S/C20H21N3O5/c1-14(15-6-5-7-16(12-15)23(26)27)21(2)19(24)10-11-22-17-8-3-4-9-18(17)28-13-20(22)25/h3-9,12,14H,10-11,13H2,1-2H3/t14-/m0/s1. The van der Waals surface area contributed by atoms with E-state index in [-0.39, 0.29) is 43.1 Å². The fourth-order valence-corrected chi connectivity index (χ4v) is 3.12. The lowest BCUT2D eigenvalue weighted by molar-refractivity contribution is -0.384. The van der Waals surface area contributed by atoms with Gasteiger partial charge in [0, 0.05) is 32.1 Å². The molecule has 0 radical (unpaired) electrons. The zero-order valence-corrected chi connectivity index (χ0v) is 15.7. The molecule has 1 heterocycles. The maximum Gasteiger partial charge on any atom is 0.269 e. The third-order valence-electron chi connectivity index (χ3n) is 4.90. The van der Waals surface area contributed by atoms with Crippen LogP contribution < -0.4 is 9.64 Å². The van der Waals surface area contributed by atoms with E-state index in [9.17, 15) is 19.7 Å². The first kappa shape index (κ1) is 19.3. The molecule has 0 unspecified atom stereocenters. The van der Waals surface area contributed by atoms with Crippen LogP contribution in [0.15, 0.2) is 48.5 Å².